The summed E-state index contributed by atoms with van der Waals surface area (Å²) in [5, 5.41) is 9.31. The summed E-state index contributed by atoms with van der Waals surface area (Å²) in [7, 11) is 0. The lowest BCUT2D eigenvalue weighted by atomic mass is 10.2. The number of aromatic hydroxyl groups is 1. The van der Waals surface area contributed by atoms with E-state index >= 15 is 0 Å². The molecule has 0 aliphatic rings. The van der Waals surface area contributed by atoms with E-state index < -0.39 is 23.9 Å². The minimum absolute atomic E-state index is 0. The number of aromatic nitrogens is 1. The first kappa shape index (κ1) is 16.1. The lowest BCUT2D eigenvalue weighted by molar-refractivity contribution is -0.141. The van der Waals surface area contributed by atoms with Crippen molar-refractivity contribution in [3.8, 4) is 5.75 Å². The maximum absolute atomic E-state index is 12.2. The smallest absolute Gasteiger partial charge is 0.406 e. The lowest BCUT2D eigenvalue weighted by Crippen LogP contribution is -2.24. The molecular weight excluding hydrogens is 282 g/mol. The summed E-state index contributed by atoms with van der Waals surface area (Å²) in [5.41, 5.74) is -0.841. The molecule has 0 spiro atoms. The van der Waals surface area contributed by atoms with Crippen LogP contribution in [0.4, 0.5) is 13.2 Å². The van der Waals surface area contributed by atoms with Crippen LogP contribution in [-0.2, 0) is 12.4 Å². The van der Waals surface area contributed by atoms with Gasteiger partial charge in [-0.05, 0) is 6.92 Å². The van der Waals surface area contributed by atoms with Gasteiger partial charge in [-0.15, -0.1) is 24.0 Å². The van der Waals surface area contributed by atoms with Crippen LogP contribution in [0.15, 0.2) is 10.9 Å². The van der Waals surface area contributed by atoms with E-state index in [1.165, 1.54) is 6.92 Å². The molecule has 0 bridgehead atoms. The number of hydrogen-bond donors (Lipinski definition) is 1. The number of nitrogens with zero attached hydrogens (tertiary/aromatic N) is 1. The summed E-state index contributed by atoms with van der Waals surface area (Å²) < 4.78 is 37.5. The van der Waals surface area contributed by atoms with Crippen molar-refractivity contribution in [2.24, 2.45) is 0 Å². The monoisotopic (exact) mass is 291 g/mol. The molecule has 1 aromatic rings. The van der Waals surface area contributed by atoms with Crippen LogP contribution in [0, 0.1) is 6.92 Å². The summed E-state index contributed by atoms with van der Waals surface area (Å²) in [6.07, 6.45) is -4.44. The van der Waals surface area contributed by atoms with Crippen molar-refractivity contribution in [2.45, 2.75) is 25.5 Å². The Kier molecular flexibility index (Phi) is 5.35. The molecule has 0 saturated heterocycles. The molecule has 0 aliphatic carbocycles. The van der Waals surface area contributed by atoms with E-state index in [2.05, 4.69) is 0 Å². The predicted molar refractivity (Wildman–Crippen MR) is 60.0 cm³/mol. The van der Waals surface area contributed by atoms with Gasteiger partial charge >= 0.3 is 6.18 Å². The predicted octanol–water partition coefficient (Wildman–Crippen LogP) is 2.59. The van der Waals surface area contributed by atoms with Crippen LogP contribution < -0.4 is 5.43 Å². The highest BCUT2D eigenvalue weighted by Gasteiger charge is 2.30. The molecule has 0 aliphatic heterocycles. The maximum Gasteiger partial charge on any atom is 0.406 e. The molecule has 1 heterocycles. The van der Waals surface area contributed by atoms with Crippen LogP contribution in [0.5, 0.6) is 5.75 Å². The molecule has 0 radical (unpaired) electrons. The molecule has 8 heteroatoms. The van der Waals surface area contributed by atoms with Crippen LogP contribution in [-0.4, -0.2) is 15.8 Å². The van der Waals surface area contributed by atoms with Crippen LogP contribution in [0.1, 0.15) is 11.4 Å². The van der Waals surface area contributed by atoms with Gasteiger partial charge in [-0.25, -0.2) is 0 Å². The van der Waals surface area contributed by atoms with Crippen molar-refractivity contribution in [2.75, 3.05) is 0 Å². The highest BCUT2D eigenvalue weighted by atomic mass is 35.5. The van der Waals surface area contributed by atoms with Gasteiger partial charge in [-0.1, -0.05) is 0 Å². The van der Waals surface area contributed by atoms with Crippen molar-refractivity contribution in [3.63, 3.8) is 0 Å². The molecule has 98 valence electrons. The minimum atomic E-state index is -4.44. The van der Waals surface area contributed by atoms with Crippen LogP contribution in [0.2, 0.25) is 0 Å². The van der Waals surface area contributed by atoms with Crippen LogP contribution in [0.25, 0.3) is 0 Å². The Morgan fingerprint density at radius 3 is 2.41 bits per heavy atom. The summed E-state index contributed by atoms with van der Waals surface area (Å²) in [6, 6.07) is 0.942. The first-order valence-corrected chi connectivity index (χ1v) is 4.84. The fourth-order valence-electron chi connectivity index (χ4n) is 1.35. The highest BCUT2D eigenvalue weighted by molar-refractivity contribution is 6.17. The molecule has 1 N–H and O–H groups in total. The summed E-state index contributed by atoms with van der Waals surface area (Å²) in [6.45, 7) is 0.0668. The summed E-state index contributed by atoms with van der Waals surface area (Å²) in [5.74, 6) is -1.09. The topological polar surface area (TPSA) is 42.2 Å². The molecule has 17 heavy (non-hydrogen) atoms. The van der Waals surface area contributed by atoms with Crippen molar-refractivity contribution >= 4 is 24.0 Å². The van der Waals surface area contributed by atoms with Crippen LogP contribution >= 0.6 is 24.0 Å². The largest absolute Gasteiger partial charge is 0.503 e. The fraction of sp³-hybridized carbons (Fsp3) is 0.444. The number of halogens is 5. The number of alkyl halides is 4. The normalized spacial score (nSPS) is 11.1. The van der Waals surface area contributed by atoms with E-state index in [1.807, 2.05) is 0 Å². The maximum atomic E-state index is 12.2. The van der Waals surface area contributed by atoms with Gasteiger partial charge in [0.15, 0.2) is 5.75 Å². The Labute approximate surface area is 106 Å². The molecular formula is C9H10Cl2F3NO2. The van der Waals surface area contributed by atoms with Gasteiger partial charge in [0.1, 0.15) is 6.54 Å². The zero-order valence-corrected chi connectivity index (χ0v) is 10.3. The molecule has 0 amide bonds. The third kappa shape index (κ3) is 3.81. The van der Waals surface area contributed by atoms with Gasteiger partial charge < -0.3 is 9.67 Å². The van der Waals surface area contributed by atoms with Crippen molar-refractivity contribution in [1.29, 1.82) is 0 Å². The molecule has 0 fully saturated rings. The Hall–Kier alpha value is -0.880. The second-order valence-electron chi connectivity index (χ2n) is 3.28. The second kappa shape index (κ2) is 5.64. The second-order valence-corrected chi connectivity index (χ2v) is 3.55. The van der Waals surface area contributed by atoms with E-state index in [0.717, 1.165) is 10.6 Å². The molecule has 0 aromatic carbocycles. The first-order chi connectivity index (χ1) is 7.26. The number of pyridine rings is 1. The van der Waals surface area contributed by atoms with Crippen molar-refractivity contribution in [1.82, 2.24) is 4.57 Å². The summed E-state index contributed by atoms with van der Waals surface area (Å²) >= 11 is 5.42. The highest BCUT2D eigenvalue weighted by Crippen LogP contribution is 2.23. The lowest BCUT2D eigenvalue weighted by Gasteiger charge is -2.17. The van der Waals surface area contributed by atoms with Gasteiger partial charge in [-0.3, -0.25) is 4.79 Å². The van der Waals surface area contributed by atoms with Gasteiger partial charge in [0.2, 0.25) is 5.43 Å². The van der Waals surface area contributed by atoms with Crippen molar-refractivity contribution < 1.29 is 18.3 Å². The Morgan fingerprint density at radius 1 is 1.47 bits per heavy atom. The van der Waals surface area contributed by atoms with Gasteiger partial charge in [0.05, 0.1) is 11.6 Å². The number of aryl methyl sites for hydroxylation is 1. The molecule has 1 rings (SSSR count). The van der Waals surface area contributed by atoms with Gasteiger partial charge in [0.25, 0.3) is 0 Å². The molecule has 1 aromatic heterocycles. The molecule has 0 unspecified atom stereocenters. The molecule has 3 nitrogen and oxygen atoms in total. The quantitative estimate of drug-likeness (QED) is 0.851. The summed E-state index contributed by atoms with van der Waals surface area (Å²) in [4.78, 5) is 11.1. The third-order valence-electron chi connectivity index (χ3n) is 2.06. The van der Waals surface area contributed by atoms with Gasteiger partial charge in [-0.2, -0.15) is 13.2 Å². The van der Waals surface area contributed by atoms with Gasteiger partial charge in [0, 0.05) is 11.8 Å². The Morgan fingerprint density at radius 2 is 2.00 bits per heavy atom. The third-order valence-corrected chi connectivity index (χ3v) is 2.32. The fourth-order valence-corrected chi connectivity index (χ4v) is 1.62. The van der Waals surface area contributed by atoms with E-state index in [1.54, 1.807) is 0 Å². The average Bonchev–Trinajstić information content (AvgIpc) is 2.13. The Bertz CT molecular complexity index is 457. The van der Waals surface area contributed by atoms with E-state index in [4.69, 9.17) is 11.6 Å². The van der Waals surface area contributed by atoms with Crippen molar-refractivity contribution in [3.05, 3.63) is 27.7 Å². The van der Waals surface area contributed by atoms with Crippen LogP contribution in [0.3, 0.4) is 0 Å². The average molecular weight is 292 g/mol. The van der Waals surface area contributed by atoms with E-state index in [9.17, 15) is 23.1 Å². The SMILES string of the molecule is Cc1cc(=O)c(O)c(CCl)n1CC(F)(F)F.Cl. The Balaban J connectivity index is 0.00000256. The zero-order chi connectivity index (χ0) is 12.5. The van der Waals surface area contributed by atoms with E-state index in [-0.39, 0.29) is 29.7 Å². The minimum Gasteiger partial charge on any atom is -0.503 e. The molecule has 0 saturated carbocycles. The first-order valence-electron chi connectivity index (χ1n) is 4.31. The number of hydrogen-bond acceptors (Lipinski definition) is 2. The standard InChI is InChI=1S/C9H9ClF3NO2.ClH/c1-5-2-7(15)8(16)6(3-10)14(5)4-9(11,12)13;/h2,16H,3-4H2,1H3;1H. The number of rotatable bonds is 2. The molecule has 0 atom stereocenters. The van der Waals surface area contributed by atoms with E-state index in [0.29, 0.717) is 0 Å². The zero-order valence-electron chi connectivity index (χ0n) is 8.71.